The summed E-state index contributed by atoms with van der Waals surface area (Å²) in [5.74, 6) is 1.57. The van der Waals surface area contributed by atoms with E-state index in [2.05, 4.69) is 25.2 Å². The van der Waals surface area contributed by atoms with Gasteiger partial charge >= 0.3 is 0 Å². The second-order valence-corrected chi connectivity index (χ2v) is 4.59. The molecule has 3 nitrogen and oxygen atoms in total. The fourth-order valence-corrected chi connectivity index (χ4v) is 2.35. The fraction of sp³-hybridized carbons (Fsp3) is 0.692. The number of rotatable bonds is 5. The molecular weight excluding hydrogens is 202 g/mol. The van der Waals surface area contributed by atoms with Crippen LogP contribution in [-0.4, -0.2) is 19.3 Å². The van der Waals surface area contributed by atoms with Gasteiger partial charge in [-0.15, -0.1) is 0 Å². The molecule has 0 bridgehead atoms. The van der Waals surface area contributed by atoms with Crippen LogP contribution in [0.2, 0.25) is 0 Å². The van der Waals surface area contributed by atoms with Crippen LogP contribution < -0.4 is 5.32 Å². The van der Waals surface area contributed by atoms with E-state index in [0.29, 0.717) is 18.1 Å². The highest BCUT2D eigenvalue weighted by Gasteiger charge is 2.31. The molecule has 1 aromatic heterocycles. The number of furan rings is 1. The molecule has 0 radical (unpaired) electrons. The Morgan fingerprint density at radius 3 is 3.00 bits per heavy atom. The summed E-state index contributed by atoms with van der Waals surface area (Å²) in [6, 6.07) is 4.31. The third-order valence-corrected chi connectivity index (χ3v) is 3.16. The van der Waals surface area contributed by atoms with Gasteiger partial charge in [-0.25, -0.2) is 0 Å². The second kappa shape index (κ2) is 5.51. The predicted octanol–water partition coefficient (Wildman–Crippen LogP) is 2.75. The fourth-order valence-electron chi connectivity index (χ4n) is 2.35. The van der Waals surface area contributed by atoms with Crippen molar-refractivity contribution in [1.82, 2.24) is 5.32 Å². The van der Waals surface area contributed by atoms with Crippen molar-refractivity contribution in [2.45, 2.75) is 38.8 Å². The molecule has 2 rings (SSSR count). The van der Waals surface area contributed by atoms with Crippen LogP contribution in [0.25, 0.3) is 0 Å². The molecule has 1 N–H and O–H groups in total. The first-order valence-electron chi connectivity index (χ1n) is 6.19. The van der Waals surface area contributed by atoms with Gasteiger partial charge < -0.3 is 14.5 Å². The lowest BCUT2D eigenvalue weighted by Gasteiger charge is -2.21. The first-order valence-corrected chi connectivity index (χ1v) is 6.19. The molecule has 3 unspecified atom stereocenters. The number of ether oxygens (including phenoxy) is 1. The molecule has 1 saturated heterocycles. The van der Waals surface area contributed by atoms with Crippen LogP contribution in [0.3, 0.4) is 0 Å². The number of hydrogen-bond donors (Lipinski definition) is 1. The summed E-state index contributed by atoms with van der Waals surface area (Å²) in [6.45, 7) is 6.18. The Hall–Kier alpha value is -0.800. The summed E-state index contributed by atoms with van der Waals surface area (Å²) in [5.41, 5.74) is 0. The van der Waals surface area contributed by atoms with Crippen LogP contribution in [0.15, 0.2) is 22.8 Å². The molecule has 1 aliphatic heterocycles. The average molecular weight is 223 g/mol. The van der Waals surface area contributed by atoms with Crippen LogP contribution in [0.1, 0.15) is 38.5 Å². The zero-order chi connectivity index (χ0) is 11.4. The largest absolute Gasteiger partial charge is 0.468 e. The highest BCUT2D eigenvalue weighted by molar-refractivity contribution is 5.07. The minimum absolute atomic E-state index is 0.305. The molecule has 0 spiro atoms. The molecule has 0 aliphatic carbocycles. The molecule has 1 aliphatic rings. The van der Waals surface area contributed by atoms with E-state index in [0.717, 1.165) is 31.8 Å². The van der Waals surface area contributed by atoms with E-state index in [-0.39, 0.29) is 0 Å². The van der Waals surface area contributed by atoms with E-state index in [4.69, 9.17) is 9.15 Å². The maximum atomic E-state index is 5.64. The van der Waals surface area contributed by atoms with Crippen LogP contribution in [0.4, 0.5) is 0 Å². The molecule has 0 saturated carbocycles. The quantitative estimate of drug-likeness (QED) is 0.833. The SMILES string of the molecule is CCCNC(c1ccco1)C1COC(C)C1. The lowest BCUT2D eigenvalue weighted by molar-refractivity contribution is 0.115. The van der Waals surface area contributed by atoms with Crippen LogP contribution in [0, 0.1) is 5.92 Å². The summed E-state index contributed by atoms with van der Waals surface area (Å²) >= 11 is 0. The lowest BCUT2D eigenvalue weighted by atomic mass is 9.95. The summed E-state index contributed by atoms with van der Waals surface area (Å²) in [5, 5.41) is 3.56. The van der Waals surface area contributed by atoms with Crippen molar-refractivity contribution >= 4 is 0 Å². The van der Waals surface area contributed by atoms with E-state index in [1.807, 2.05) is 6.07 Å². The first kappa shape index (κ1) is 11.7. The highest BCUT2D eigenvalue weighted by atomic mass is 16.5. The Bertz CT molecular complexity index is 297. The second-order valence-electron chi connectivity index (χ2n) is 4.59. The van der Waals surface area contributed by atoms with E-state index in [1.54, 1.807) is 6.26 Å². The molecule has 0 aromatic carbocycles. The van der Waals surface area contributed by atoms with Gasteiger partial charge in [0.25, 0.3) is 0 Å². The molecule has 1 fully saturated rings. The van der Waals surface area contributed by atoms with Crippen LogP contribution in [-0.2, 0) is 4.74 Å². The van der Waals surface area contributed by atoms with E-state index in [9.17, 15) is 0 Å². The van der Waals surface area contributed by atoms with Crippen molar-refractivity contribution in [3.63, 3.8) is 0 Å². The topological polar surface area (TPSA) is 34.4 Å². The van der Waals surface area contributed by atoms with Gasteiger partial charge in [-0.1, -0.05) is 6.92 Å². The minimum atomic E-state index is 0.305. The van der Waals surface area contributed by atoms with E-state index in [1.165, 1.54) is 0 Å². The predicted molar refractivity (Wildman–Crippen MR) is 63.3 cm³/mol. The third kappa shape index (κ3) is 2.66. The van der Waals surface area contributed by atoms with Crippen LogP contribution >= 0.6 is 0 Å². The van der Waals surface area contributed by atoms with Gasteiger partial charge in [0, 0.05) is 5.92 Å². The molecular formula is C13H21NO2. The zero-order valence-corrected chi connectivity index (χ0v) is 10.1. The van der Waals surface area contributed by atoms with Gasteiger partial charge in [0.05, 0.1) is 25.0 Å². The van der Waals surface area contributed by atoms with Crippen molar-refractivity contribution in [3.8, 4) is 0 Å². The zero-order valence-electron chi connectivity index (χ0n) is 10.1. The maximum Gasteiger partial charge on any atom is 0.121 e. The monoisotopic (exact) mass is 223 g/mol. The van der Waals surface area contributed by atoms with Gasteiger partial charge in [0.1, 0.15) is 5.76 Å². The molecule has 0 amide bonds. The highest BCUT2D eigenvalue weighted by Crippen LogP contribution is 2.31. The van der Waals surface area contributed by atoms with Gasteiger partial charge in [0.2, 0.25) is 0 Å². The van der Waals surface area contributed by atoms with Gasteiger partial charge in [-0.05, 0) is 38.4 Å². The number of nitrogens with one attached hydrogen (secondary N) is 1. The molecule has 1 aromatic rings. The van der Waals surface area contributed by atoms with Gasteiger partial charge in [-0.3, -0.25) is 0 Å². The Kier molecular flexibility index (Phi) is 4.02. The smallest absolute Gasteiger partial charge is 0.121 e. The van der Waals surface area contributed by atoms with Crippen LogP contribution in [0.5, 0.6) is 0 Å². The van der Waals surface area contributed by atoms with Crippen molar-refractivity contribution in [2.24, 2.45) is 5.92 Å². The average Bonchev–Trinajstić information content (AvgIpc) is 2.91. The summed E-state index contributed by atoms with van der Waals surface area (Å²) in [6.07, 6.45) is 4.38. The summed E-state index contributed by atoms with van der Waals surface area (Å²) in [4.78, 5) is 0. The van der Waals surface area contributed by atoms with Crippen molar-refractivity contribution < 1.29 is 9.15 Å². The van der Waals surface area contributed by atoms with Gasteiger partial charge in [-0.2, -0.15) is 0 Å². The van der Waals surface area contributed by atoms with E-state index < -0.39 is 0 Å². The number of hydrogen-bond acceptors (Lipinski definition) is 3. The first-order chi connectivity index (χ1) is 7.81. The minimum Gasteiger partial charge on any atom is -0.468 e. The molecule has 90 valence electrons. The van der Waals surface area contributed by atoms with Gasteiger partial charge in [0.15, 0.2) is 0 Å². The molecule has 3 atom stereocenters. The third-order valence-electron chi connectivity index (χ3n) is 3.16. The standard InChI is InChI=1S/C13H21NO2/c1-3-6-14-13(12-5-4-7-15-12)11-8-10(2)16-9-11/h4-5,7,10-11,13-14H,3,6,8-9H2,1-2H3. The lowest BCUT2D eigenvalue weighted by Crippen LogP contribution is -2.29. The molecule has 2 heterocycles. The van der Waals surface area contributed by atoms with E-state index >= 15 is 0 Å². The summed E-state index contributed by atoms with van der Waals surface area (Å²) < 4.78 is 11.2. The normalized spacial score (nSPS) is 27.1. The molecule has 16 heavy (non-hydrogen) atoms. The maximum absolute atomic E-state index is 5.64. The summed E-state index contributed by atoms with van der Waals surface area (Å²) in [7, 11) is 0. The Labute approximate surface area is 97.2 Å². The van der Waals surface area contributed by atoms with Crippen molar-refractivity contribution in [2.75, 3.05) is 13.2 Å². The Morgan fingerprint density at radius 2 is 2.44 bits per heavy atom. The Morgan fingerprint density at radius 1 is 1.56 bits per heavy atom. The van der Waals surface area contributed by atoms with Crippen molar-refractivity contribution in [3.05, 3.63) is 24.2 Å². The Balaban J connectivity index is 2.02. The molecule has 3 heteroatoms. The van der Waals surface area contributed by atoms with Crippen molar-refractivity contribution in [1.29, 1.82) is 0 Å².